The second kappa shape index (κ2) is 6.02. The molecule has 0 N–H and O–H groups in total. The molecule has 0 aromatic heterocycles. The lowest BCUT2D eigenvalue weighted by molar-refractivity contribution is -0.101. The molecule has 0 aliphatic heterocycles. The Kier molecular flexibility index (Phi) is 4.15. The fourth-order valence-electron chi connectivity index (χ4n) is 1.77. The standard InChI is InChI=1S/C16H14O4/c1-11-7-13(9-17)3-5-15(11)19-20-16-6-4-14(10-18)8-12(16)2/h3-10H,1-2H3. The van der Waals surface area contributed by atoms with E-state index >= 15 is 0 Å². The van der Waals surface area contributed by atoms with Crippen LogP contribution in [0.2, 0.25) is 0 Å². The Morgan fingerprint density at radius 1 is 0.750 bits per heavy atom. The summed E-state index contributed by atoms with van der Waals surface area (Å²) in [7, 11) is 0. The molecular weight excluding hydrogens is 256 g/mol. The Balaban J connectivity index is 2.12. The summed E-state index contributed by atoms with van der Waals surface area (Å²) >= 11 is 0. The highest BCUT2D eigenvalue weighted by Crippen LogP contribution is 2.23. The van der Waals surface area contributed by atoms with E-state index in [1.807, 2.05) is 13.8 Å². The van der Waals surface area contributed by atoms with Crippen molar-refractivity contribution in [1.82, 2.24) is 0 Å². The Morgan fingerprint density at radius 3 is 1.45 bits per heavy atom. The van der Waals surface area contributed by atoms with Crippen LogP contribution in [0.15, 0.2) is 36.4 Å². The molecule has 0 heterocycles. The van der Waals surface area contributed by atoms with Crippen LogP contribution in [0.3, 0.4) is 0 Å². The molecule has 0 aliphatic rings. The van der Waals surface area contributed by atoms with Crippen LogP contribution in [0, 0.1) is 13.8 Å². The molecule has 2 aromatic rings. The van der Waals surface area contributed by atoms with E-state index in [4.69, 9.17) is 9.78 Å². The van der Waals surface area contributed by atoms with Crippen LogP contribution in [-0.2, 0) is 0 Å². The maximum atomic E-state index is 10.7. The lowest BCUT2D eigenvalue weighted by atomic mass is 10.1. The van der Waals surface area contributed by atoms with Gasteiger partial charge in [0, 0.05) is 11.1 Å². The first-order valence-electron chi connectivity index (χ1n) is 6.10. The molecule has 0 unspecified atom stereocenters. The van der Waals surface area contributed by atoms with E-state index in [1.54, 1.807) is 36.4 Å². The predicted molar refractivity (Wildman–Crippen MR) is 74.4 cm³/mol. The van der Waals surface area contributed by atoms with E-state index in [9.17, 15) is 9.59 Å². The summed E-state index contributed by atoms with van der Waals surface area (Å²) in [6, 6.07) is 10.1. The molecular formula is C16H14O4. The fourth-order valence-corrected chi connectivity index (χ4v) is 1.77. The van der Waals surface area contributed by atoms with Crippen LogP contribution in [-0.4, -0.2) is 12.6 Å². The van der Waals surface area contributed by atoms with E-state index in [-0.39, 0.29) is 0 Å². The van der Waals surface area contributed by atoms with Gasteiger partial charge < -0.3 is 0 Å². The Morgan fingerprint density at radius 2 is 1.15 bits per heavy atom. The molecule has 4 heteroatoms. The Labute approximate surface area is 116 Å². The Bertz CT molecular complexity index is 589. The molecule has 102 valence electrons. The minimum Gasteiger partial charge on any atom is -0.298 e. The van der Waals surface area contributed by atoms with Crippen molar-refractivity contribution in [3.05, 3.63) is 58.7 Å². The van der Waals surface area contributed by atoms with E-state index in [2.05, 4.69) is 0 Å². The zero-order valence-corrected chi connectivity index (χ0v) is 11.3. The first-order valence-corrected chi connectivity index (χ1v) is 6.10. The monoisotopic (exact) mass is 270 g/mol. The minimum atomic E-state index is 0.537. The van der Waals surface area contributed by atoms with Crippen molar-refractivity contribution in [3.63, 3.8) is 0 Å². The summed E-state index contributed by atoms with van der Waals surface area (Å²) in [6.07, 6.45) is 1.56. The number of rotatable bonds is 5. The van der Waals surface area contributed by atoms with Gasteiger partial charge in [-0.2, -0.15) is 0 Å². The molecule has 0 amide bonds. The van der Waals surface area contributed by atoms with E-state index in [0.29, 0.717) is 22.6 Å². The number of aryl methyl sites for hydroxylation is 2. The quantitative estimate of drug-likeness (QED) is 0.475. The highest BCUT2D eigenvalue weighted by Gasteiger charge is 2.06. The normalized spacial score (nSPS) is 9.90. The van der Waals surface area contributed by atoms with Crippen LogP contribution in [0.25, 0.3) is 0 Å². The fraction of sp³-hybridized carbons (Fsp3) is 0.125. The summed E-state index contributed by atoms with van der Waals surface area (Å²) < 4.78 is 0. The third-order valence-corrected chi connectivity index (χ3v) is 2.89. The summed E-state index contributed by atoms with van der Waals surface area (Å²) in [5.74, 6) is 1.07. The maximum Gasteiger partial charge on any atom is 0.181 e. The highest BCUT2D eigenvalue weighted by atomic mass is 17.2. The molecule has 2 aromatic carbocycles. The van der Waals surface area contributed by atoms with Gasteiger partial charge in [0.15, 0.2) is 11.5 Å². The third kappa shape index (κ3) is 3.03. The highest BCUT2D eigenvalue weighted by molar-refractivity contribution is 5.76. The number of benzene rings is 2. The van der Waals surface area contributed by atoms with Gasteiger partial charge >= 0.3 is 0 Å². The molecule has 0 spiro atoms. The molecule has 20 heavy (non-hydrogen) atoms. The van der Waals surface area contributed by atoms with Crippen molar-refractivity contribution in [2.24, 2.45) is 0 Å². The topological polar surface area (TPSA) is 52.6 Å². The zero-order chi connectivity index (χ0) is 14.5. The largest absolute Gasteiger partial charge is 0.298 e. The Hall–Kier alpha value is -2.62. The molecule has 0 fully saturated rings. The van der Waals surface area contributed by atoms with Crippen LogP contribution in [0.1, 0.15) is 31.8 Å². The smallest absolute Gasteiger partial charge is 0.181 e. The number of carbonyl (C=O) groups excluding carboxylic acids is 2. The number of aldehydes is 2. The first-order chi connectivity index (χ1) is 9.63. The second-order valence-electron chi connectivity index (χ2n) is 4.45. The van der Waals surface area contributed by atoms with Gasteiger partial charge in [-0.05, 0) is 61.4 Å². The number of hydrogen-bond acceptors (Lipinski definition) is 4. The molecule has 0 saturated carbocycles. The first kappa shape index (κ1) is 13.8. The third-order valence-electron chi connectivity index (χ3n) is 2.89. The van der Waals surface area contributed by atoms with Crippen molar-refractivity contribution >= 4 is 12.6 Å². The van der Waals surface area contributed by atoms with Crippen molar-refractivity contribution in [2.45, 2.75) is 13.8 Å². The van der Waals surface area contributed by atoms with Crippen molar-refractivity contribution in [1.29, 1.82) is 0 Å². The van der Waals surface area contributed by atoms with Crippen LogP contribution >= 0.6 is 0 Å². The number of carbonyl (C=O) groups is 2. The summed E-state index contributed by atoms with van der Waals surface area (Å²) in [4.78, 5) is 31.9. The maximum absolute atomic E-state index is 10.7. The van der Waals surface area contributed by atoms with Gasteiger partial charge in [-0.1, -0.05) is 0 Å². The number of hydrogen-bond donors (Lipinski definition) is 0. The molecule has 0 radical (unpaired) electrons. The minimum absolute atomic E-state index is 0.537. The summed E-state index contributed by atoms with van der Waals surface area (Å²) in [5, 5.41) is 0. The molecule has 0 saturated heterocycles. The van der Waals surface area contributed by atoms with Crippen LogP contribution in [0.5, 0.6) is 11.5 Å². The van der Waals surface area contributed by atoms with E-state index < -0.39 is 0 Å². The molecule has 0 atom stereocenters. The van der Waals surface area contributed by atoms with Crippen molar-refractivity contribution < 1.29 is 19.4 Å². The van der Waals surface area contributed by atoms with Crippen LogP contribution in [0.4, 0.5) is 0 Å². The zero-order valence-electron chi connectivity index (χ0n) is 11.3. The molecule has 4 nitrogen and oxygen atoms in total. The average Bonchev–Trinajstić information content (AvgIpc) is 2.46. The lowest BCUT2D eigenvalue weighted by Gasteiger charge is -2.10. The average molecular weight is 270 g/mol. The van der Waals surface area contributed by atoms with Gasteiger partial charge in [0.25, 0.3) is 0 Å². The SMILES string of the molecule is Cc1cc(C=O)ccc1OOc1ccc(C=O)cc1C. The molecule has 0 aliphatic carbocycles. The van der Waals surface area contributed by atoms with Gasteiger partial charge in [-0.3, -0.25) is 19.4 Å². The predicted octanol–water partition coefficient (Wildman–Crippen LogP) is 3.30. The van der Waals surface area contributed by atoms with E-state index in [0.717, 1.165) is 23.7 Å². The van der Waals surface area contributed by atoms with Crippen molar-refractivity contribution in [2.75, 3.05) is 0 Å². The van der Waals surface area contributed by atoms with Gasteiger partial charge in [-0.15, -0.1) is 0 Å². The van der Waals surface area contributed by atoms with E-state index in [1.165, 1.54) is 0 Å². The summed E-state index contributed by atoms with van der Waals surface area (Å²) in [6.45, 7) is 3.65. The van der Waals surface area contributed by atoms with Crippen molar-refractivity contribution in [3.8, 4) is 11.5 Å². The van der Waals surface area contributed by atoms with Gasteiger partial charge in [0.05, 0.1) is 0 Å². The lowest BCUT2D eigenvalue weighted by Crippen LogP contribution is -2.03. The van der Waals surface area contributed by atoms with Gasteiger partial charge in [0.2, 0.25) is 0 Å². The van der Waals surface area contributed by atoms with Crippen LogP contribution < -0.4 is 9.78 Å². The second-order valence-corrected chi connectivity index (χ2v) is 4.45. The van der Waals surface area contributed by atoms with Gasteiger partial charge in [0.1, 0.15) is 12.6 Å². The van der Waals surface area contributed by atoms with Gasteiger partial charge in [-0.25, -0.2) is 0 Å². The molecule has 0 bridgehead atoms. The molecule has 2 rings (SSSR count). The summed E-state index contributed by atoms with van der Waals surface area (Å²) in [5.41, 5.74) is 2.77.